The summed E-state index contributed by atoms with van der Waals surface area (Å²) in [5.41, 5.74) is 2.22. The molecule has 0 unspecified atom stereocenters. The lowest BCUT2D eigenvalue weighted by Gasteiger charge is -2.29. The third-order valence-electron chi connectivity index (χ3n) is 4.63. The van der Waals surface area contributed by atoms with Crippen molar-refractivity contribution < 1.29 is 14.3 Å². The zero-order valence-electron chi connectivity index (χ0n) is 14.3. The van der Waals surface area contributed by atoms with Crippen molar-refractivity contribution in [2.45, 2.75) is 0 Å². The summed E-state index contributed by atoms with van der Waals surface area (Å²) in [5.74, 6) is -0.686. The first-order chi connectivity index (χ1) is 13.1. The fraction of sp³-hybridized carbons (Fsp3) is 0.200. The van der Waals surface area contributed by atoms with Crippen LogP contribution in [0.2, 0.25) is 5.02 Å². The number of allylic oxidation sites excluding steroid dienone is 2. The number of benzene rings is 2. The van der Waals surface area contributed by atoms with E-state index >= 15 is 0 Å². The highest BCUT2D eigenvalue weighted by Gasteiger charge is 2.31. The van der Waals surface area contributed by atoms with Crippen molar-refractivity contribution in [3.8, 4) is 0 Å². The molecule has 2 aromatic carbocycles. The largest absolute Gasteiger partial charge is 0.378 e. The fourth-order valence-corrected chi connectivity index (χ4v) is 3.78. The summed E-state index contributed by atoms with van der Waals surface area (Å²) in [6, 6.07) is 12.1. The number of hydrogen-bond donors (Lipinski definition) is 1. The number of Topliss-reactive ketones (excluding diaryl/α,β-unsaturated/α-hetero) is 2. The van der Waals surface area contributed by atoms with Crippen LogP contribution in [0.1, 0.15) is 20.7 Å². The minimum absolute atomic E-state index is 0.0653. The number of anilines is 2. The van der Waals surface area contributed by atoms with E-state index in [4.69, 9.17) is 27.9 Å². The average Bonchev–Trinajstić information content (AvgIpc) is 2.70. The van der Waals surface area contributed by atoms with Crippen LogP contribution in [0.3, 0.4) is 0 Å². The third kappa shape index (κ3) is 3.34. The molecule has 27 heavy (non-hydrogen) atoms. The standard InChI is InChI=1S/C20H16Cl2N2O3/c21-15-11-12(5-6-16(15)24-7-9-27-10-8-24)23-18-17(22)19(25)13-3-1-2-4-14(13)20(18)26/h1-6,11,23H,7-10H2. The van der Waals surface area contributed by atoms with E-state index in [-0.39, 0.29) is 22.3 Å². The summed E-state index contributed by atoms with van der Waals surface area (Å²) >= 11 is 12.6. The predicted molar refractivity (Wildman–Crippen MR) is 106 cm³/mol. The van der Waals surface area contributed by atoms with Crippen molar-refractivity contribution in [3.05, 3.63) is 69.3 Å². The van der Waals surface area contributed by atoms with Crippen LogP contribution < -0.4 is 10.2 Å². The normalized spacial score (nSPS) is 17.2. The van der Waals surface area contributed by atoms with Crippen molar-refractivity contribution in [2.24, 2.45) is 0 Å². The van der Waals surface area contributed by atoms with Crippen molar-refractivity contribution in [1.29, 1.82) is 0 Å². The molecular formula is C20H16Cl2N2O3. The van der Waals surface area contributed by atoms with E-state index in [0.29, 0.717) is 35.1 Å². The highest BCUT2D eigenvalue weighted by Crippen LogP contribution is 2.33. The average molecular weight is 403 g/mol. The summed E-state index contributed by atoms with van der Waals surface area (Å²) in [7, 11) is 0. The van der Waals surface area contributed by atoms with Crippen LogP contribution in [-0.4, -0.2) is 37.9 Å². The lowest BCUT2D eigenvalue weighted by molar-refractivity contribution is 0.0982. The Morgan fingerprint density at radius 2 is 1.59 bits per heavy atom. The summed E-state index contributed by atoms with van der Waals surface area (Å²) in [6.45, 7) is 2.87. The van der Waals surface area contributed by atoms with Crippen LogP contribution >= 0.6 is 23.2 Å². The van der Waals surface area contributed by atoms with Gasteiger partial charge in [0.2, 0.25) is 11.6 Å². The van der Waals surface area contributed by atoms with E-state index in [2.05, 4.69) is 10.2 Å². The van der Waals surface area contributed by atoms with Gasteiger partial charge < -0.3 is 15.0 Å². The molecule has 0 radical (unpaired) electrons. The van der Waals surface area contributed by atoms with Crippen LogP contribution in [0, 0.1) is 0 Å². The molecule has 0 saturated carbocycles. The van der Waals surface area contributed by atoms with Crippen molar-refractivity contribution in [3.63, 3.8) is 0 Å². The molecule has 1 heterocycles. The number of carbonyl (C=O) groups is 2. The van der Waals surface area contributed by atoms with Crippen LogP contribution in [0.25, 0.3) is 0 Å². The summed E-state index contributed by atoms with van der Waals surface area (Å²) in [6.07, 6.45) is 0. The molecule has 1 saturated heterocycles. The van der Waals surface area contributed by atoms with Gasteiger partial charge in [-0.3, -0.25) is 9.59 Å². The van der Waals surface area contributed by atoms with Crippen molar-refractivity contribution in [2.75, 3.05) is 36.5 Å². The first-order valence-electron chi connectivity index (χ1n) is 8.54. The summed E-state index contributed by atoms with van der Waals surface area (Å²) in [4.78, 5) is 27.4. The highest BCUT2D eigenvalue weighted by atomic mass is 35.5. The molecule has 0 amide bonds. The number of nitrogens with one attached hydrogen (secondary N) is 1. The fourth-order valence-electron chi connectivity index (χ4n) is 3.25. The minimum Gasteiger partial charge on any atom is -0.378 e. The van der Waals surface area contributed by atoms with E-state index < -0.39 is 0 Å². The van der Waals surface area contributed by atoms with Gasteiger partial charge in [-0.25, -0.2) is 0 Å². The Morgan fingerprint density at radius 3 is 2.26 bits per heavy atom. The molecule has 1 fully saturated rings. The van der Waals surface area contributed by atoms with Crippen LogP contribution in [0.15, 0.2) is 53.2 Å². The smallest absolute Gasteiger partial charge is 0.211 e. The number of hydrogen-bond acceptors (Lipinski definition) is 5. The SMILES string of the molecule is O=C1C(Cl)=C(Nc2ccc(N3CCOCC3)c(Cl)c2)C(=O)c2ccccc21. The molecule has 1 aliphatic carbocycles. The molecular weight excluding hydrogens is 387 g/mol. The second kappa shape index (κ2) is 7.35. The first kappa shape index (κ1) is 18.0. The molecule has 0 atom stereocenters. The number of morpholine rings is 1. The van der Waals surface area contributed by atoms with Crippen LogP contribution in [-0.2, 0) is 4.74 Å². The van der Waals surface area contributed by atoms with Gasteiger partial charge in [0.15, 0.2) is 0 Å². The van der Waals surface area contributed by atoms with Gasteiger partial charge in [0.1, 0.15) is 10.7 Å². The van der Waals surface area contributed by atoms with E-state index in [1.165, 1.54) is 0 Å². The zero-order chi connectivity index (χ0) is 19.0. The van der Waals surface area contributed by atoms with E-state index in [1.54, 1.807) is 30.3 Å². The highest BCUT2D eigenvalue weighted by molar-refractivity contribution is 6.50. The van der Waals surface area contributed by atoms with Gasteiger partial charge in [-0.1, -0.05) is 47.5 Å². The Morgan fingerprint density at radius 1 is 0.926 bits per heavy atom. The Hall–Kier alpha value is -2.34. The number of rotatable bonds is 3. The number of ether oxygens (including phenoxy) is 1. The van der Waals surface area contributed by atoms with E-state index in [0.717, 1.165) is 18.8 Å². The lowest BCUT2D eigenvalue weighted by Crippen LogP contribution is -2.36. The third-order valence-corrected chi connectivity index (χ3v) is 5.29. The molecule has 4 rings (SSSR count). The Bertz CT molecular complexity index is 965. The van der Waals surface area contributed by atoms with E-state index in [9.17, 15) is 9.59 Å². The molecule has 138 valence electrons. The van der Waals surface area contributed by atoms with Gasteiger partial charge in [-0.05, 0) is 18.2 Å². The molecule has 1 aliphatic heterocycles. The monoisotopic (exact) mass is 402 g/mol. The number of nitrogens with zero attached hydrogens (tertiary/aromatic N) is 1. The second-order valence-electron chi connectivity index (χ2n) is 6.28. The van der Waals surface area contributed by atoms with Crippen molar-refractivity contribution in [1.82, 2.24) is 0 Å². The maximum absolute atomic E-state index is 12.8. The number of carbonyl (C=O) groups excluding carboxylic acids is 2. The first-order valence-corrected chi connectivity index (χ1v) is 9.29. The Balaban J connectivity index is 1.62. The van der Waals surface area contributed by atoms with Gasteiger partial charge in [-0.15, -0.1) is 0 Å². The molecule has 7 heteroatoms. The Kier molecular flexibility index (Phi) is 4.91. The quantitative estimate of drug-likeness (QED) is 0.836. The van der Waals surface area contributed by atoms with E-state index in [1.807, 2.05) is 12.1 Å². The van der Waals surface area contributed by atoms with Gasteiger partial charge >= 0.3 is 0 Å². The van der Waals surface area contributed by atoms with Gasteiger partial charge in [0.25, 0.3) is 0 Å². The van der Waals surface area contributed by atoms with Crippen LogP contribution in [0.4, 0.5) is 11.4 Å². The van der Waals surface area contributed by atoms with Crippen LogP contribution in [0.5, 0.6) is 0 Å². The maximum Gasteiger partial charge on any atom is 0.211 e. The molecule has 0 spiro atoms. The molecule has 0 bridgehead atoms. The number of fused-ring (bicyclic) bond motifs is 1. The molecule has 1 N–H and O–H groups in total. The molecule has 5 nitrogen and oxygen atoms in total. The zero-order valence-corrected chi connectivity index (χ0v) is 15.8. The predicted octanol–water partition coefficient (Wildman–Crippen LogP) is 4.12. The van der Waals surface area contributed by atoms with Gasteiger partial charge in [0.05, 0.1) is 23.9 Å². The molecule has 0 aromatic heterocycles. The number of ketones is 2. The summed E-state index contributed by atoms with van der Waals surface area (Å²) < 4.78 is 5.36. The van der Waals surface area contributed by atoms with Crippen molar-refractivity contribution >= 4 is 46.1 Å². The summed E-state index contributed by atoms with van der Waals surface area (Å²) in [5, 5.41) is 3.40. The topological polar surface area (TPSA) is 58.6 Å². The molecule has 2 aliphatic rings. The lowest BCUT2D eigenvalue weighted by atomic mass is 9.92. The second-order valence-corrected chi connectivity index (χ2v) is 7.07. The maximum atomic E-state index is 12.8. The minimum atomic E-state index is -0.370. The van der Waals surface area contributed by atoms with Gasteiger partial charge in [0, 0.05) is 29.9 Å². The Labute approximate surface area is 166 Å². The van der Waals surface area contributed by atoms with Gasteiger partial charge in [-0.2, -0.15) is 0 Å². The number of halogens is 2. The molecule has 2 aromatic rings.